The van der Waals surface area contributed by atoms with Crippen molar-refractivity contribution in [1.29, 1.82) is 0 Å². The third-order valence-corrected chi connectivity index (χ3v) is 5.96. The van der Waals surface area contributed by atoms with Gasteiger partial charge in [0, 0.05) is 4.47 Å². The maximum Gasteiger partial charge on any atom is 0.328 e. The molecule has 1 saturated heterocycles. The molecule has 3 rings (SSSR count). The minimum absolute atomic E-state index is 0.214. The van der Waals surface area contributed by atoms with Gasteiger partial charge in [-0.3, -0.25) is 14.5 Å². The first-order chi connectivity index (χ1) is 14.8. The fourth-order valence-electron chi connectivity index (χ4n) is 2.88. The highest BCUT2D eigenvalue weighted by Crippen LogP contribution is 2.35. The SMILES string of the molecule is COC(=O)[C@@H](C)N1C(=O)S/C(=C/c2ccc(OCc3ccc(Br)cc3)c(OC)c2)C1=O. The second-order valence-electron chi connectivity index (χ2n) is 6.58. The van der Waals surface area contributed by atoms with E-state index in [9.17, 15) is 14.4 Å². The lowest BCUT2D eigenvalue weighted by Gasteiger charge is -2.18. The van der Waals surface area contributed by atoms with Gasteiger partial charge < -0.3 is 14.2 Å². The Kier molecular flexibility index (Phi) is 7.40. The van der Waals surface area contributed by atoms with Crippen LogP contribution in [0.4, 0.5) is 4.79 Å². The first-order valence-corrected chi connectivity index (χ1v) is 10.8. The van der Waals surface area contributed by atoms with Gasteiger partial charge in [-0.05, 0) is 60.2 Å². The Balaban J connectivity index is 1.76. The highest BCUT2D eigenvalue weighted by atomic mass is 79.9. The van der Waals surface area contributed by atoms with Gasteiger partial charge in [0.1, 0.15) is 12.6 Å². The van der Waals surface area contributed by atoms with Crippen molar-refractivity contribution in [3.8, 4) is 11.5 Å². The van der Waals surface area contributed by atoms with E-state index in [2.05, 4.69) is 20.7 Å². The Bertz CT molecular complexity index is 1040. The number of carbonyl (C=O) groups excluding carboxylic acids is 3. The van der Waals surface area contributed by atoms with Crippen molar-refractivity contribution in [3.05, 3.63) is 63.0 Å². The van der Waals surface area contributed by atoms with Gasteiger partial charge in [-0.2, -0.15) is 0 Å². The van der Waals surface area contributed by atoms with E-state index in [4.69, 9.17) is 9.47 Å². The van der Waals surface area contributed by atoms with Gasteiger partial charge in [0.15, 0.2) is 11.5 Å². The third-order valence-electron chi connectivity index (χ3n) is 4.55. The number of rotatable bonds is 7. The molecule has 9 heteroatoms. The minimum atomic E-state index is -0.993. The van der Waals surface area contributed by atoms with Crippen molar-refractivity contribution in [1.82, 2.24) is 4.90 Å². The molecule has 1 aliphatic heterocycles. The van der Waals surface area contributed by atoms with E-state index < -0.39 is 23.2 Å². The summed E-state index contributed by atoms with van der Waals surface area (Å²) in [7, 11) is 2.73. The number of hydrogen-bond donors (Lipinski definition) is 0. The molecular formula is C22H20BrNO6S. The molecule has 7 nitrogen and oxygen atoms in total. The molecule has 0 radical (unpaired) electrons. The number of hydrogen-bond acceptors (Lipinski definition) is 7. The first-order valence-electron chi connectivity index (χ1n) is 9.24. The number of esters is 1. The van der Waals surface area contributed by atoms with Crippen LogP contribution in [-0.2, 0) is 20.9 Å². The Morgan fingerprint density at radius 1 is 1.13 bits per heavy atom. The number of halogens is 1. The maximum absolute atomic E-state index is 12.6. The second-order valence-corrected chi connectivity index (χ2v) is 8.49. The van der Waals surface area contributed by atoms with Crippen LogP contribution >= 0.6 is 27.7 Å². The molecule has 0 spiro atoms. The van der Waals surface area contributed by atoms with E-state index in [0.717, 1.165) is 26.7 Å². The molecule has 0 bridgehead atoms. The lowest BCUT2D eigenvalue weighted by molar-refractivity contribution is -0.148. The molecule has 2 amide bonds. The van der Waals surface area contributed by atoms with Crippen LogP contribution < -0.4 is 9.47 Å². The second kappa shape index (κ2) is 10.0. The Morgan fingerprint density at radius 2 is 1.84 bits per heavy atom. The van der Waals surface area contributed by atoms with Crippen molar-refractivity contribution >= 4 is 50.9 Å². The molecule has 1 heterocycles. The van der Waals surface area contributed by atoms with E-state index in [0.29, 0.717) is 23.7 Å². The van der Waals surface area contributed by atoms with Crippen LogP contribution in [0.1, 0.15) is 18.1 Å². The molecule has 1 fully saturated rings. The van der Waals surface area contributed by atoms with Crippen molar-refractivity contribution in [3.63, 3.8) is 0 Å². The van der Waals surface area contributed by atoms with E-state index in [-0.39, 0.29) is 4.91 Å². The van der Waals surface area contributed by atoms with Crippen LogP contribution in [0.15, 0.2) is 51.8 Å². The predicted molar refractivity (Wildman–Crippen MR) is 121 cm³/mol. The number of methoxy groups -OCH3 is 2. The van der Waals surface area contributed by atoms with Crippen molar-refractivity contribution in [2.24, 2.45) is 0 Å². The maximum atomic E-state index is 12.6. The van der Waals surface area contributed by atoms with Gasteiger partial charge >= 0.3 is 5.97 Å². The highest BCUT2D eigenvalue weighted by molar-refractivity contribution is 9.10. The summed E-state index contributed by atoms with van der Waals surface area (Å²) in [6, 6.07) is 12.0. The number of benzene rings is 2. The molecule has 0 saturated carbocycles. The normalized spacial score (nSPS) is 15.9. The average molecular weight is 506 g/mol. The number of carbonyl (C=O) groups is 3. The molecule has 0 aliphatic carbocycles. The topological polar surface area (TPSA) is 82.1 Å². The highest BCUT2D eigenvalue weighted by Gasteiger charge is 2.41. The number of ether oxygens (including phenoxy) is 3. The molecule has 162 valence electrons. The zero-order valence-corrected chi connectivity index (χ0v) is 19.5. The van der Waals surface area contributed by atoms with Crippen LogP contribution in [0.5, 0.6) is 11.5 Å². The molecule has 1 atom stereocenters. The molecule has 1 aliphatic rings. The number of amides is 2. The Hall–Kier alpha value is -2.78. The summed E-state index contributed by atoms with van der Waals surface area (Å²) < 4.78 is 16.9. The number of thioether (sulfide) groups is 1. The molecular weight excluding hydrogens is 486 g/mol. The standard InChI is InChI=1S/C22H20BrNO6S/c1-13(21(26)29-3)24-20(25)19(31-22(24)27)11-15-6-9-17(18(10-15)28-2)30-12-14-4-7-16(23)8-5-14/h4-11,13H,12H2,1-3H3/b19-11+/t13-/m1/s1. The summed E-state index contributed by atoms with van der Waals surface area (Å²) in [6.45, 7) is 1.82. The zero-order valence-electron chi connectivity index (χ0n) is 17.1. The van der Waals surface area contributed by atoms with Crippen molar-refractivity contribution in [2.45, 2.75) is 19.6 Å². The van der Waals surface area contributed by atoms with Gasteiger partial charge in [0.05, 0.1) is 19.1 Å². The van der Waals surface area contributed by atoms with E-state index in [1.165, 1.54) is 21.1 Å². The van der Waals surface area contributed by atoms with Gasteiger partial charge in [0.2, 0.25) is 0 Å². The molecule has 31 heavy (non-hydrogen) atoms. The molecule has 2 aromatic carbocycles. The third kappa shape index (κ3) is 5.29. The van der Waals surface area contributed by atoms with Crippen LogP contribution in [0.25, 0.3) is 6.08 Å². The zero-order chi connectivity index (χ0) is 22.5. The molecule has 0 unspecified atom stereocenters. The lowest BCUT2D eigenvalue weighted by Crippen LogP contribution is -2.42. The van der Waals surface area contributed by atoms with Crippen LogP contribution in [-0.4, -0.2) is 42.3 Å². The summed E-state index contributed by atoms with van der Waals surface area (Å²) in [4.78, 5) is 37.7. The van der Waals surface area contributed by atoms with Gasteiger partial charge in [-0.15, -0.1) is 0 Å². The molecule has 0 N–H and O–H groups in total. The van der Waals surface area contributed by atoms with Gasteiger partial charge in [-0.1, -0.05) is 34.1 Å². The summed E-state index contributed by atoms with van der Waals surface area (Å²) in [5.74, 6) is -0.150. The Morgan fingerprint density at radius 3 is 2.48 bits per heavy atom. The minimum Gasteiger partial charge on any atom is -0.493 e. The first kappa shape index (κ1) is 22.9. The van der Waals surface area contributed by atoms with Gasteiger partial charge in [0.25, 0.3) is 11.1 Å². The monoisotopic (exact) mass is 505 g/mol. The number of nitrogens with zero attached hydrogens (tertiary/aromatic N) is 1. The van der Waals surface area contributed by atoms with Gasteiger partial charge in [-0.25, -0.2) is 4.79 Å². The summed E-state index contributed by atoms with van der Waals surface area (Å²) in [5, 5.41) is -0.518. The largest absolute Gasteiger partial charge is 0.493 e. The van der Waals surface area contributed by atoms with Crippen LogP contribution in [0, 0.1) is 0 Å². The predicted octanol–water partition coefficient (Wildman–Crippen LogP) is 4.63. The van der Waals surface area contributed by atoms with Crippen molar-refractivity contribution in [2.75, 3.05) is 14.2 Å². The van der Waals surface area contributed by atoms with E-state index in [1.54, 1.807) is 24.3 Å². The molecule has 2 aromatic rings. The Labute approximate surface area is 192 Å². The quantitative estimate of drug-likeness (QED) is 0.400. The fraction of sp³-hybridized carbons (Fsp3) is 0.227. The average Bonchev–Trinajstić information content (AvgIpc) is 3.05. The van der Waals surface area contributed by atoms with E-state index in [1.807, 2.05) is 24.3 Å². The summed E-state index contributed by atoms with van der Waals surface area (Å²) in [5.41, 5.74) is 1.66. The summed E-state index contributed by atoms with van der Waals surface area (Å²) >= 11 is 4.17. The molecule has 0 aromatic heterocycles. The van der Waals surface area contributed by atoms with Crippen molar-refractivity contribution < 1.29 is 28.6 Å². The smallest absolute Gasteiger partial charge is 0.328 e. The fourth-order valence-corrected chi connectivity index (χ4v) is 4.05. The lowest BCUT2D eigenvalue weighted by atomic mass is 10.1. The van der Waals surface area contributed by atoms with Crippen LogP contribution in [0.2, 0.25) is 0 Å². The summed E-state index contributed by atoms with van der Waals surface area (Å²) in [6.07, 6.45) is 1.58. The van der Waals surface area contributed by atoms with E-state index >= 15 is 0 Å². The number of imide groups is 1. The van der Waals surface area contributed by atoms with Crippen LogP contribution in [0.3, 0.4) is 0 Å².